The Morgan fingerprint density at radius 1 is 1.22 bits per heavy atom. The van der Waals surface area contributed by atoms with Gasteiger partial charge in [0.25, 0.3) is 5.91 Å². The summed E-state index contributed by atoms with van der Waals surface area (Å²) in [6, 6.07) is 5.56. The second kappa shape index (κ2) is 11.1. The average molecular weight is 546 g/mol. The number of halogens is 5. The number of anilines is 1. The van der Waals surface area contributed by atoms with Crippen LogP contribution in [-0.2, 0) is 6.18 Å². The van der Waals surface area contributed by atoms with E-state index in [1.54, 1.807) is 13.8 Å². The van der Waals surface area contributed by atoms with Crippen molar-refractivity contribution in [2.45, 2.75) is 26.3 Å². The second-order valence-electron chi connectivity index (χ2n) is 7.31. The summed E-state index contributed by atoms with van der Waals surface area (Å²) in [7, 11) is 0. The van der Waals surface area contributed by atoms with Gasteiger partial charge < -0.3 is 15.7 Å². The van der Waals surface area contributed by atoms with E-state index in [0.29, 0.717) is 22.9 Å². The third-order valence-corrected chi connectivity index (χ3v) is 5.21. The van der Waals surface area contributed by atoms with Gasteiger partial charge in [-0.2, -0.15) is 18.3 Å². The lowest BCUT2D eigenvalue weighted by atomic mass is 10.1. The molecule has 192 valence electrons. The van der Waals surface area contributed by atoms with Crippen LogP contribution in [-0.4, -0.2) is 38.4 Å². The van der Waals surface area contributed by atoms with Gasteiger partial charge in [-0.3, -0.25) is 10.2 Å². The zero-order chi connectivity index (χ0) is 26.6. The van der Waals surface area contributed by atoms with Crippen molar-refractivity contribution in [3.05, 3.63) is 69.1 Å². The molecule has 2 aromatic heterocycles. The number of pyridine rings is 1. The first-order valence-corrected chi connectivity index (χ1v) is 11.0. The van der Waals surface area contributed by atoms with Gasteiger partial charge in [0.1, 0.15) is 11.9 Å². The fourth-order valence-corrected chi connectivity index (χ4v) is 3.61. The predicted octanol–water partition coefficient (Wildman–Crippen LogP) is 3.97. The van der Waals surface area contributed by atoms with Crippen molar-refractivity contribution in [2.24, 2.45) is 0 Å². The maximum absolute atomic E-state index is 13.4. The highest BCUT2D eigenvalue weighted by Gasteiger charge is 2.37. The summed E-state index contributed by atoms with van der Waals surface area (Å²) in [5.74, 6) is -1.20. The molecule has 1 aromatic carbocycles. The number of benzene rings is 1. The number of rotatable bonds is 7. The normalized spacial score (nSPS) is 12.2. The van der Waals surface area contributed by atoms with Crippen LogP contribution in [0, 0.1) is 6.92 Å². The smallest absolute Gasteiger partial charge is 0.373 e. The van der Waals surface area contributed by atoms with Crippen molar-refractivity contribution < 1.29 is 27.9 Å². The van der Waals surface area contributed by atoms with Crippen LogP contribution in [0.1, 0.15) is 40.5 Å². The highest BCUT2D eigenvalue weighted by molar-refractivity contribution is 6.32. The molecule has 3 amide bonds. The minimum atomic E-state index is -4.85. The van der Waals surface area contributed by atoms with E-state index in [4.69, 9.17) is 23.2 Å². The van der Waals surface area contributed by atoms with Gasteiger partial charge in [0.2, 0.25) is 0 Å². The van der Waals surface area contributed by atoms with Crippen LogP contribution in [0.3, 0.4) is 0 Å². The Bertz CT molecular complexity index is 1280. The van der Waals surface area contributed by atoms with E-state index in [2.05, 4.69) is 31.6 Å². The van der Waals surface area contributed by atoms with Crippen molar-refractivity contribution in [2.75, 3.05) is 11.9 Å². The molecule has 0 aliphatic rings. The van der Waals surface area contributed by atoms with Crippen molar-refractivity contribution in [1.29, 1.82) is 0 Å². The number of urea groups is 1. The van der Waals surface area contributed by atoms with Gasteiger partial charge >= 0.3 is 12.2 Å². The van der Waals surface area contributed by atoms with Gasteiger partial charge in [0.15, 0.2) is 11.5 Å². The largest absolute Gasteiger partial charge is 0.435 e. The molecular weight excluding hydrogens is 526 g/mol. The maximum atomic E-state index is 13.4. The molecule has 15 heteroatoms. The van der Waals surface area contributed by atoms with Crippen molar-refractivity contribution >= 4 is 40.8 Å². The number of hydrazine groups is 1. The zero-order valence-corrected chi connectivity index (χ0v) is 20.3. The fraction of sp³-hybridized carbons (Fsp3) is 0.238. The number of carbonyl (C=O) groups is 2. The monoisotopic (exact) mass is 545 g/mol. The molecule has 0 spiro atoms. The molecule has 10 nitrogen and oxygen atoms in total. The number of hydrogen-bond acceptors (Lipinski definition) is 6. The summed E-state index contributed by atoms with van der Waals surface area (Å²) in [5.41, 5.74) is 3.16. The second-order valence-corrected chi connectivity index (χ2v) is 8.15. The summed E-state index contributed by atoms with van der Waals surface area (Å²) in [6.45, 7) is 3.58. The van der Waals surface area contributed by atoms with E-state index in [1.165, 1.54) is 30.5 Å². The van der Waals surface area contributed by atoms with Gasteiger partial charge in [0, 0.05) is 29.4 Å². The summed E-state index contributed by atoms with van der Waals surface area (Å²) in [4.78, 5) is 28.8. The first-order chi connectivity index (χ1) is 16.9. The van der Waals surface area contributed by atoms with E-state index in [-0.39, 0.29) is 27.1 Å². The fourth-order valence-electron chi connectivity index (χ4n) is 3.13. The van der Waals surface area contributed by atoms with E-state index < -0.39 is 35.7 Å². The molecule has 1 atom stereocenters. The third-order valence-electron chi connectivity index (χ3n) is 4.70. The lowest BCUT2D eigenvalue weighted by molar-refractivity contribution is -0.141. The summed E-state index contributed by atoms with van der Waals surface area (Å²) in [6.07, 6.45) is -5.13. The molecule has 0 fully saturated rings. The van der Waals surface area contributed by atoms with Gasteiger partial charge in [-0.15, -0.1) is 0 Å². The molecule has 3 rings (SSSR count). The highest BCUT2D eigenvalue weighted by Crippen LogP contribution is 2.32. The summed E-state index contributed by atoms with van der Waals surface area (Å²) < 4.78 is 40.9. The Hall–Kier alpha value is -3.39. The standard InChI is InChI=1S/C21H20Cl2F3N7O3/c1-3-27-20(36)31-30-18(34)12-8-11(22)7-10(2)16(12)29-19(35)14-9-15(21(24,25)26)32-33(14)17-13(23)5-4-6-28-17/h4-9,18,30,34H,3H2,1-2H3,(H,29,35)(H2,27,31,36). The van der Waals surface area contributed by atoms with E-state index >= 15 is 0 Å². The number of aliphatic hydroxyl groups is 1. The molecule has 1 unspecified atom stereocenters. The minimum Gasteiger partial charge on any atom is -0.373 e. The lowest BCUT2D eigenvalue weighted by Crippen LogP contribution is -2.45. The molecule has 0 saturated heterocycles. The van der Waals surface area contributed by atoms with Crippen LogP contribution in [0.5, 0.6) is 0 Å². The van der Waals surface area contributed by atoms with Gasteiger partial charge in [-0.1, -0.05) is 23.2 Å². The molecule has 0 radical (unpaired) electrons. The van der Waals surface area contributed by atoms with Crippen LogP contribution >= 0.6 is 23.2 Å². The molecule has 2 heterocycles. The molecule has 5 N–H and O–H groups in total. The molecular formula is C21H20Cl2F3N7O3. The van der Waals surface area contributed by atoms with Crippen LogP contribution in [0.2, 0.25) is 10.0 Å². The molecule has 36 heavy (non-hydrogen) atoms. The quantitative estimate of drug-likeness (QED) is 0.225. The van der Waals surface area contributed by atoms with Crippen LogP contribution < -0.4 is 21.5 Å². The van der Waals surface area contributed by atoms with E-state index in [9.17, 15) is 27.9 Å². The predicted molar refractivity (Wildman–Crippen MR) is 126 cm³/mol. The number of aliphatic hydroxyl groups excluding tert-OH is 1. The zero-order valence-electron chi connectivity index (χ0n) is 18.7. The van der Waals surface area contributed by atoms with Crippen molar-refractivity contribution in [3.63, 3.8) is 0 Å². The van der Waals surface area contributed by atoms with Crippen LogP contribution in [0.4, 0.5) is 23.7 Å². The SMILES string of the molecule is CCNC(=O)NNC(O)c1cc(Cl)cc(C)c1NC(=O)c1cc(C(F)(F)F)nn1-c1ncccc1Cl. The number of hydrogen-bond donors (Lipinski definition) is 5. The Labute approximate surface area is 212 Å². The lowest BCUT2D eigenvalue weighted by Gasteiger charge is -2.20. The number of nitrogens with one attached hydrogen (secondary N) is 4. The van der Waals surface area contributed by atoms with Gasteiger partial charge in [-0.05, 0) is 43.7 Å². The highest BCUT2D eigenvalue weighted by atomic mass is 35.5. The Morgan fingerprint density at radius 3 is 2.58 bits per heavy atom. The van der Waals surface area contributed by atoms with Crippen LogP contribution in [0.25, 0.3) is 5.82 Å². The Kier molecular flexibility index (Phi) is 8.40. The van der Waals surface area contributed by atoms with Crippen molar-refractivity contribution in [3.8, 4) is 5.82 Å². The third kappa shape index (κ3) is 6.23. The number of aryl methyl sites for hydroxylation is 1. The summed E-state index contributed by atoms with van der Waals surface area (Å²) >= 11 is 12.2. The van der Waals surface area contributed by atoms with Crippen molar-refractivity contribution in [1.82, 2.24) is 30.9 Å². The number of amides is 3. The topological polar surface area (TPSA) is 133 Å². The Morgan fingerprint density at radius 2 is 1.94 bits per heavy atom. The molecule has 0 bridgehead atoms. The Balaban J connectivity index is 2.00. The number of alkyl halides is 3. The molecule has 0 saturated carbocycles. The van der Waals surface area contributed by atoms with E-state index in [1.807, 2.05) is 0 Å². The molecule has 3 aromatic rings. The maximum Gasteiger partial charge on any atom is 0.435 e. The van der Waals surface area contributed by atoms with E-state index in [0.717, 1.165) is 0 Å². The minimum absolute atomic E-state index is 0.0307. The summed E-state index contributed by atoms with van der Waals surface area (Å²) in [5, 5.41) is 19.1. The first kappa shape index (κ1) is 27.2. The molecule has 0 aliphatic carbocycles. The number of nitrogens with zero attached hydrogens (tertiary/aromatic N) is 3. The van der Waals surface area contributed by atoms with Gasteiger partial charge in [0.05, 0.1) is 10.7 Å². The first-order valence-electron chi connectivity index (χ1n) is 10.3. The molecule has 0 aliphatic heterocycles. The van der Waals surface area contributed by atoms with Gasteiger partial charge in [-0.25, -0.2) is 19.9 Å². The number of aromatic nitrogens is 3. The van der Waals surface area contributed by atoms with Crippen LogP contribution in [0.15, 0.2) is 36.5 Å². The number of carbonyl (C=O) groups excluding carboxylic acids is 2. The average Bonchev–Trinajstić information content (AvgIpc) is 3.25.